The van der Waals surface area contributed by atoms with Gasteiger partial charge in [-0.05, 0) is 29.9 Å². The average molecular weight is 327 g/mol. The smallest absolute Gasteiger partial charge is 0.239 e. The first-order chi connectivity index (χ1) is 10.7. The van der Waals surface area contributed by atoms with Gasteiger partial charge in [0.1, 0.15) is 4.32 Å². The van der Waals surface area contributed by atoms with Crippen LogP contribution in [-0.4, -0.2) is 15.5 Å². The first kappa shape index (κ1) is 15.3. The molecule has 0 spiro atoms. The Hall–Kier alpha value is -1.65. The molecule has 0 aliphatic carbocycles. The molecule has 1 N–H and O–H groups in total. The fourth-order valence-electron chi connectivity index (χ4n) is 2.80. The van der Waals surface area contributed by atoms with E-state index >= 15 is 0 Å². The number of nitrogens with one attached hydrogen (secondary N) is 1. The summed E-state index contributed by atoms with van der Waals surface area (Å²) in [6, 6.07) is 20.7. The molecule has 1 saturated heterocycles. The van der Waals surface area contributed by atoms with E-state index in [4.69, 9.17) is 12.2 Å². The number of thiocarbonyl (C=S) groups is 1. The SMILES string of the molecule is O=C1NC(=S)S[C@@H]1C(Cc1ccccc1)Cc1ccccc1. The number of thioether (sulfide) groups is 1. The highest BCUT2D eigenvalue weighted by molar-refractivity contribution is 8.24. The second-order valence-corrected chi connectivity index (χ2v) is 7.27. The van der Waals surface area contributed by atoms with E-state index in [2.05, 4.69) is 29.6 Å². The molecule has 1 aliphatic rings. The highest BCUT2D eigenvalue weighted by atomic mass is 32.2. The van der Waals surface area contributed by atoms with Crippen LogP contribution in [0.2, 0.25) is 0 Å². The molecule has 22 heavy (non-hydrogen) atoms. The summed E-state index contributed by atoms with van der Waals surface area (Å²) in [4.78, 5) is 12.2. The maximum Gasteiger partial charge on any atom is 0.239 e. The van der Waals surface area contributed by atoms with Crippen molar-refractivity contribution < 1.29 is 4.79 Å². The van der Waals surface area contributed by atoms with Gasteiger partial charge in [0, 0.05) is 0 Å². The van der Waals surface area contributed by atoms with Crippen LogP contribution in [0, 0.1) is 5.92 Å². The number of hydrogen-bond acceptors (Lipinski definition) is 3. The zero-order valence-electron chi connectivity index (χ0n) is 12.1. The maximum atomic E-state index is 12.2. The Morgan fingerprint density at radius 2 is 1.45 bits per heavy atom. The van der Waals surface area contributed by atoms with Gasteiger partial charge in [0.15, 0.2) is 0 Å². The molecule has 2 aromatic rings. The van der Waals surface area contributed by atoms with Gasteiger partial charge in [-0.25, -0.2) is 0 Å². The standard InChI is InChI=1S/C18H17NOS2/c20-17-16(22-18(21)19-17)15(11-13-7-3-1-4-8-13)12-14-9-5-2-6-10-14/h1-10,15-16H,11-12H2,(H,19,20,21)/t16-/m1/s1. The van der Waals surface area contributed by atoms with E-state index in [0.717, 1.165) is 12.8 Å². The second-order valence-electron chi connectivity index (χ2n) is 5.45. The Morgan fingerprint density at radius 3 is 1.86 bits per heavy atom. The molecule has 1 atom stereocenters. The summed E-state index contributed by atoms with van der Waals surface area (Å²) in [5, 5.41) is 2.67. The number of amides is 1. The fourth-order valence-corrected chi connectivity index (χ4v) is 4.15. The Balaban J connectivity index is 1.82. The lowest BCUT2D eigenvalue weighted by Crippen LogP contribution is -2.31. The van der Waals surface area contributed by atoms with Crippen LogP contribution < -0.4 is 5.32 Å². The van der Waals surface area contributed by atoms with Crippen molar-refractivity contribution in [2.24, 2.45) is 5.92 Å². The lowest BCUT2D eigenvalue weighted by Gasteiger charge is -2.21. The molecule has 0 unspecified atom stereocenters. The van der Waals surface area contributed by atoms with Gasteiger partial charge in [-0.1, -0.05) is 84.6 Å². The van der Waals surface area contributed by atoms with Crippen molar-refractivity contribution >= 4 is 34.2 Å². The number of hydrogen-bond donors (Lipinski definition) is 1. The molecular formula is C18H17NOS2. The molecule has 0 bridgehead atoms. The third-order valence-corrected chi connectivity index (χ3v) is 5.39. The normalized spacial score (nSPS) is 17.8. The third-order valence-electron chi connectivity index (χ3n) is 3.83. The summed E-state index contributed by atoms with van der Waals surface area (Å²) in [6.07, 6.45) is 1.76. The van der Waals surface area contributed by atoms with E-state index in [1.807, 2.05) is 36.4 Å². The summed E-state index contributed by atoms with van der Waals surface area (Å²) in [7, 11) is 0. The molecule has 1 heterocycles. The molecule has 112 valence electrons. The molecular weight excluding hydrogens is 310 g/mol. The number of carbonyl (C=O) groups excluding carboxylic acids is 1. The van der Waals surface area contributed by atoms with Crippen LogP contribution in [0.15, 0.2) is 60.7 Å². The molecule has 0 radical (unpaired) electrons. The molecule has 3 rings (SSSR count). The molecule has 0 aromatic heterocycles. The lowest BCUT2D eigenvalue weighted by molar-refractivity contribution is -0.119. The van der Waals surface area contributed by atoms with Crippen LogP contribution >= 0.6 is 24.0 Å². The Bertz CT molecular complexity index is 616. The van der Waals surface area contributed by atoms with Crippen LogP contribution in [0.3, 0.4) is 0 Å². The van der Waals surface area contributed by atoms with Crippen LogP contribution in [0.5, 0.6) is 0 Å². The highest BCUT2D eigenvalue weighted by Gasteiger charge is 2.35. The topological polar surface area (TPSA) is 29.1 Å². The van der Waals surface area contributed by atoms with Crippen LogP contribution in [0.25, 0.3) is 0 Å². The minimum atomic E-state index is -0.104. The molecule has 2 aromatic carbocycles. The zero-order valence-corrected chi connectivity index (χ0v) is 13.7. The first-order valence-corrected chi connectivity index (χ1v) is 8.60. The van der Waals surface area contributed by atoms with Crippen LogP contribution in [-0.2, 0) is 17.6 Å². The third kappa shape index (κ3) is 3.76. The van der Waals surface area contributed by atoms with Crippen molar-refractivity contribution in [3.05, 3.63) is 71.8 Å². The number of rotatable bonds is 5. The fraction of sp³-hybridized carbons (Fsp3) is 0.222. The van der Waals surface area contributed by atoms with Crippen molar-refractivity contribution in [1.29, 1.82) is 0 Å². The first-order valence-electron chi connectivity index (χ1n) is 7.32. The minimum absolute atomic E-state index is 0.0480. The molecule has 1 fully saturated rings. The zero-order chi connectivity index (χ0) is 15.4. The van der Waals surface area contributed by atoms with E-state index in [1.54, 1.807) is 0 Å². The summed E-state index contributed by atoms with van der Waals surface area (Å²) in [5.74, 6) is 0.280. The van der Waals surface area contributed by atoms with Gasteiger partial charge in [-0.3, -0.25) is 4.79 Å². The van der Waals surface area contributed by atoms with Gasteiger partial charge in [-0.2, -0.15) is 0 Å². The largest absolute Gasteiger partial charge is 0.311 e. The van der Waals surface area contributed by atoms with Gasteiger partial charge >= 0.3 is 0 Å². The summed E-state index contributed by atoms with van der Waals surface area (Å²) in [5.41, 5.74) is 2.52. The van der Waals surface area contributed by atoms with Gasteiger partial charge in [0.05, 0.1) is 5.25 Å². The van der Waals surface area contributed by atoms with Gasteiger partial charge in [0.25, 0.3) is 0 Å². The van der Waals surface area contributed by atoms with E-state index in [1.165, 1.54) is 22.9 Å². The van der Waals surface area contributed by atoms with Gasteiger partial charge in [0.2, 0.25) is 5.91 Å². The lowest BCUT2D eigenvalue weighted by atomic mass is 9.89. The predicted octanol–water partition coefficient (Wildman–Crippen LogP) is 3.60. The van der Waals surface area contributed by atoms with Crippen molar-refractivity contribution in [3.63, 3.8) is 0 Å². The van der Waals surface area contributed by atoms with E-state index < -0.39 is 0 Å². The molecule has 2 nitrogen and oxygen atoms in total. The van der Waals surface area contributed by atoms with Crippen molar-refractivity contribution in [2.45, 2.75) is 18.1 Å². The van der Waals surface area contributed by atoms with Crippen LogP contribution in [0.1, 0.15) is 11.1 Å². The van der Waals surface area contributed by atoms with Crippen molar-refractivity contribution in [2.75, 3.05) is 0 Å². The average Bonchev–Trinajstić information content (AvgIpc) is 2.87. The highest BCUT2D eigenvalue weighted by Crippen LogP contribution is 2.31. The summed E-state index contributed by atoms with van der Waals surface area (Å²) >= 11 is 6.64. The van der Waals surface area contributed by atoms with Crippen LogP contribution in [0.4, 0.5) is 0 Å². The number of benzene rings is 2. The second kappa shape index (κ2) is 7.07. The number of carbonyl (C=O) groups is 1. The Kier molecular flexibility index (Phi) is 4.90. The van der Waals surface area contributed by atoms with E-state index in [-0.39, 0.29) is 17.1 Å². The minimum Gasteiger partial charge on any atom is -0.311 e. The molecule has 1 aliphatic heterocycles. The van der Waals surface area contributed by atoms with E-state index in [9.17, 15) is 4.79 Å². The monoisotopic (exact) mass is 327 g/mol. The Morgan fingerprint density at radius 1 is 0.955 bits per heavy atom. The maximum absolute atomic E-state index is 12.2. The van der Waals surface area contributed by atoms with Crippen molar-refractivity contribution in [3.8, 4) is 0 Å². The van der Waals surface area contributed by atoms with Gasteiger partial charge in [-0.15, -0.1) is 0 Å². The Labute approximate surface area is 140 Å². The van der Waals surface area contributed by atoms with E-state index in [0.29, 0.717) is 4.32 Å². The molecule has 0 saturated carbocycles. The molecule has 4 heteroatoms. The molecule has 1 amide bonds. The van der Waals surface area contributed by atoms with Crippen molar-refractivity contribution in [1.82, 2.24) is 5.32 Å². The van der Waals surface area contributed by atoms with Gasteiger partial charge < -0.3 is 5.32 Å². The quantitative estimate of drug-likeness (QED) is 0.851. The predicted molar refractivity (Wildman–Crippen MR) is 95.9 cm³/mol. The summed E-state index contributed by atoms with van der Waals surface area (Å²) < 4.78 is 0.598. The summed E-state index contributed by atoms with van der Waals surface area (Å²) in [6.45, 7) is 0.